The average Bonchev–Trinajstić information content (AvgIpc) is 3.12. The molecule has 0 radical (unpaired) electrons. The zero-order chi connectivity index (χ0) is 16.7. The number of nitrogens with one attached hydrogen (secondary N) is 1. The lowest BCUT2D eigenvalue weighted by Gasteiger charge is -2.26. The highest BCUT2D eigenvalue weighted by Gasteiger charge is 2.31. The molecular weight excluding hydrogens is 318 g/mol. The number of rotatable bonds is 8. The van der Waals surface area contributed by atoms with Gasteiger partial charge in [-0.25, -0.2) is 0 Å². The molecule has 1 aliphatic heterocycles. The van der Waals surface area contributed by atoms with Crippen LogP contribution in [-0.2, 0) is 11.3 Å². The van der Waals surface area contributed by atoms with Crippen molar-refractivity contribution >= 4 is 11.8 Å². The molecule has 0 spiro atoms. The fraction of sp³-hybridized carbons (Fsp3) is 0.316. The second kappa shape index (κ2) is 8.44. The van der Waals surface area contributed by atoms with E-state index in [1.807, 2.05) is 30.6 Å². The Kier molecular flexibility index (Phi) is 6.04. The predicted molar refractivity (Wildman–Crippen MR) is 100 cm³/mol. The number of nitrogens with zero attached hydrogens (tertiary/aromatic N) is 1. The molecule has 1 atom stereocenters. The fourth-order valence-electron chi connectivity index (χ4n) is 2.65. The van der Waals surface area contributed by atoms with Crippen LogP contribution in [0, 0.1) is 0 Å². The monoisotopic (exact) mass is 341 g/mol. The number of thioether (sulfide) groups is 1. The van der Waals surface area contributed by atoms with E-state index < -0.39 is 0 Å². The summed E-state index contributed by atoms with van der Waals surface area (Å²) < 4.78 is 5.97. The minimum atomic E-state index is -0.254. The third-order valence-corrected chi connectivity index (χ3v) is 5.20. The zero-order valence-electron chi connectivity index (χ0n) is 13.7. The van der Waals surface area contributed by atoms with E-state index in [0.29, 0.717) is 13.2 Å². The molecule has 0 aliphatic carbocycles. The largest absolute Gasteiger partial charge is 0.361 e. The Bertz CT molecular complexity index is 667. The van der Waals surface area contributed by atoms with Gasteiger partial charge < -0.3 is 15.8 Å². The van der Waals surface area contributed by atoms with Crippen molar-refractivity contribution in [2.75, 3.05) is 19.7 Å². The molecule has 1 aliphatic rings. The number of aromatic nitrogens is 1. The van der Waals surface area contributed by atoms with Crippen LogP contribution in [0.25, 0.3) is 11.1 Å². The van der Waals surface area contributed by atoms with Crippen LogP contribution in [0.5, 0.6) is 0 Å². The molecule has 5 heteroatoms. The van der Waals surface area contributed by atoms with Crippen molar-refractivity contribution in [3.05, 3.63) is 65.8 Å². The highest BCUT2D eigenvalue weighted by Crippen LogP contribution is 2.36. The Hall–Kier alpha value is -1.66. The number of ether oxygens (including phenoxy) is 1. The molecule has 2 aromatic rings. The van der Waals surface area contributed by atoms with E-state index in [-0.39, 0.29) is 4.93 Å². The number of nitrogens with two attached hydrogens (primary N) is 1. The Balaban J connectivity index is 1.45. The summed E-state index contributed by atoms with van der Waals surface area (Å²) in [5.41, 5.74) is 9.33. The van der Waals surface area contributed by atoms with Crippen LogP contribution in [0.1, 0.15) is 12.0 Å². The van der Waals surface area contributed by atoms with Crippen LogP contribution < -0.4 is 11.1 Å². The molecule has 1 aromatic heterocycles. The van der Waals surface area contributed by atoms with Gasteiger partial charge in [0.1, 0.15) is 4.93 Å². The van der Waals surface area contributed by atoms with E-state index in [1.165, 1.54) is 11.1 Å². The number of benzene rings is 1. The van der Waals surface area contributed by atoms with Crippen molar-refractivity contribution in [2.45, 2.75) is 17.9 Å². The van der Waals surface area contributed by atoms with Gasteiger partial charge in [0.25, 0.3) is 0 Å². The standard InChI is InChI=1S/C19H23N3OS/c20-15-19(7-4-10-24-19)23-9-8-21-12-16-11-18(14-22-13-16)17-5-2-1-3-6-17/h1-6,10-11,13-14,21H,7-9,12,15,20H2. The second-order valence-corrected chi connectivity index (χ2v) is 7.03. The SMILES string of the molecule is NCC1(OCCNCc2cncc(-c3ccccc3)c2)CC=CS1. The second-order valence-electron chi connectivity index (χ2n) is 5.78. The van der Waals surface area contributed by atoms with Gasteiger partial charge in [0.05, 0.1) is 6.61 Å². The maximum absolute atomic E-state index is 5.97. The van der Waals surface area contributed by atoms with Crippen molar-refractivity contribution in [1.82, 2.24) is 10.3 Å². The molecule has 0 fully saturated rings. The third kappa shape index (κ3) is 4.45. The van der Waals surface area contributed by atoms with E-state index in [4.69, 9.17) is 10.5 Å². The molecule has 0 bridgehead atoms. The summed E-state index contributed by atoms with van der Waals surface area (Å²) in [6.45, 7) is 2.75. The van der Waals surface area contributed by atoms with Crippen molar-refractivity contribution in [1.29, 1.82) is 0 Å². The van der Waals surface area contributed by atoms with E-state index in [1.54, 1.807) is 11.8 Å². The first kappa shape index (κ1) is 17.2. The van der Waals surface area contributed by atoms with Crippen LogP contribution in [0.15, 0.2) is 60.3 Å². The number of hydrogen-bond donors (Lipinski definition) is 2. The molecule has 1 unspecified atom stereocenters. The van der Waals surface area contributed by atoms with E-state index in [2.05, 4.69) is 40.0 Å². The molecule has 0 saturated heterocycles. The van der Waals surface area contributed by atoms with Gasteiger partial charge in [0, 0.05) is 44.0 Å². The van der Waals surface area contributed by atoms with Gasteiger partial charge in [-0.05, 0) is 22.6 Å². The van der Waals surface area contributed by atoms with Crippen molar-refractivity contribution in [3.63, 3.8) is 0 Å². The van der Waals surface area contributed by atoms with E-state index in [9.17, 15) is 0 Å². The summed E-state index contributed by atoms with van der Waals surface area (Å²) in [5.74, 6) is 0. The molecule has 1 aromatic carbocycles. The van der Waals surface area contributed by atoms with Gasteiger partial charge in [-0.2, -0.15) is 0 Å². The van der Waals surface area contributed by atoms with Gasteiger partial charge in [-0.15, -0.1) is 0 Å². The average molecular weight is 341 g/mol. The van der Waals surface area contributed by atoms with Gasteiger partial charge in [-0.3, -0.25) is 4.98 Å². The summed E-state index contributed by atoms with van der Waals surface area (Å²) >= 11 is 1.68. The number of pyridine rings is 1. The molecule has 24 heavy (non-hydrogen) atoms. The van der Waals surface area contributed by atoms with Crippen LogP contribution >= 0.6 is 11.8 Å². The molecule has 0 amide bonds. The van der Waals surface area contributed by atoms with Crippen molar-refractivity contribution < 1.29 is 4.74 Å². The Morgan fingerprint density at radius 2 is 2.08 bits per heavy atom. The molecule has 4 nitrogen and oxygen atoms in total. The first-order valence-electron chi connectivity index (χ1n) is 8.18. The molecule has 126 valence electrons. The Morgan fingerprint density at radius 3 is 2.83 bits per heavy atom. The third-order valence-electron chi connectivity index (χ3n) is 3.99. The minimum absolute atomic E-state index is 0.254. The lowest BCUT2D eigenvalue weighted by atomic mass is 10.1. The highest BCUT2D eigenvalue weighted by molar-refractivity contribution is 8.03. The predicted octanol–water partition coefficient (Wildman–Crippen LogP) is 3.16. The maximum Gasteiger partial charge on any atom is 0.133 e. The molecular formula is C19H23N3OS. The number of hydrogen-bond acceptors (Lipinski definition) is 5. The lowest BCUT2D eigenvalue weighted by molar-refractivity contribution is 0.0380. The van der Waals surface area contributed by atoms with Gasteiger partial charge in [-0.1, -0.05) is 48.2 Å². The topological polar surface area (TPSA) is 60.2 Å². The van der Waals surface area contributed by atoms with Crippen LogP contribution in [0.4, 0.5) is 0 Å². The van der Waals surface area contributed by atoms with Crippen molar-refractivity contribution in [3.8, 4) is 11.1 Å². The molecule has 3 N–H and O–H groups in total. The summed E-state index contributed by atoms with van der Waals surface area (Å²) in [6, 6.07) is 12.5. The van der Waals surface area contributed by atoms with Crippen LogP contribution in [-0.4, -0.2) is 29.6 Å². The molecule has 3 rings (SSSR count). The zero-order valence-corrected chi connectivity index (χ0v) is 14.5. The van der Waals surface area contributed by atoms with Gasteiger partial charge in [0.15, 0.2) is 0 Å². The summed E-state index contributed by atoms with van der Waals surface area (Å²) in [6.07, 6.45) is 6.80. The fourth-order valence-corrected chi connectivity index (χ4v) is 3.53. The van der Waals surface area contributed by atoms with Crippen LogP contribution in [0.2, 0.25) is 0 Å². The van der Waals surface area contributed by atoms with E-state index in [0.717, 1.165) is 25.1 Å². The first-order valence-corrected chi connectivity index (χ1v) is 9.06. The quantitative estimate of drug-likeness (QED) is 0.722. The normalized spacial score (nSPS) is 19.7. The maximum atomic E-state index is 5.97. The summed E-state index contributed by atoms with van der Waals surface area (Å²) in [4.78, 5) is 4.09. The van der Waals surface area contributed by atoms with Gasteiger partial charge >= 0.3 is 0 Å². The van der Waals surface area contributed by atoms with Gasteiger partial charge in [0.2, 0.25) is 0 Å². The van der Waals surface area contributed by atoms with Crippen molar-refractivity contribution in [2.24, 2.45) is 5.73 Å². The molecule has 0 saturated carbocycles. The lowest BCUT2D eigenvalue weighted by Crippen LogP contribution is -2.37. The highest BCUT2D eigenvalue weighted by atomic mass is 32.2. The minimum Gasteiger partial charge on any atom is -0.361 e. The first-order chi connectivity index (χ1) is 11.8. The smallest absolute Gasteiger partial charge is 0.133 e. The van der Waals surface area contributed by atoms with E-state index >= 15 is 0 Å². The Labute approximate surface area is 147 Å². The summed E-state index contributed by atoms with van der Waals surface area (Å²) in [7, 11) is 0. The summed E-state index contributed by atoms with van der Waals surface area (Å²) in [5, 5.41) is 5.48. The molecule has 2 heterocycles. The Morgan fingerprint density at radius 1 is 1.21 bits per heavy atom. The van der Waals surface area contributed by atoms with Crippen LogP contribution in [0.3, 0.4) is 0 Å².